The molecule has 2 nitrogen and oxygen atoms in total. The van der Waals surface area contributed by atoms with E-state index in [1.807, 2.05) is 13.8 Å². The van der Waals surface area contributed by atoms with Gasteiger partial charge < -0.3 is 4.74 Å². The molecule has 0 atom stereocenters. The first-order chi connectivity index (χ1) is 5.96. The van der Waals surface area contributed by atoms with Gasteiger partial charge in [0.25, 0.3) is 0 Å². The molecule has 76 valence electrons. The molecule has 0 saturated heterocycles. The van der Waals surface area contributed by atoms with Crippen molar-refractivity contribution in [1.82, 2.24) is 0 Å². The van der Waals surface area contributed by atoms with Gasteiger partial charge in [-0.3, -0.25) is 4.79 Å². The van der Waals surface area contributed by atoms with Crippen molar-refractivity contribution in [3.8, 4) is 0 Å². The van der Waals surface area contributed by atoms with Crippen LogP contribution < -0.4 is 0 Å². The zero-order valence-electron chi connectivity index (χ0n) is 9.09. The van der Waals surface area contributed by atoms with E-state index in [9.17, 15) is 4.79 Å². The highest BCUT2D eigenvalue weighted by Crippen LogP contribution is 2.51. The zero-order chi connectivity index (χ0) is 10.1. The Labute approximate surface area is 80.7 Å². The molecule has 0 aliphatic heterocycles. The Bertz CT molecular complexity index is 190. The second-order valence-corrected chi connectivity index (χ2v) is 4.83. The summed E-state index contributed by atoms with van der Waals surface area (Å²) in [5, 5.41) is 0. The van der Waals surface area contributed by atoms with Gasteiger partial charge >= 0.3 is 5.97 Å². The van der Waals surface area contributed by atoms with Crippen molar-refractivity contribution in [2.45, 2.75) is 53.1 Å². The van der Waals surface area contributed by atoms with Crippen molar-refractivity contribution >= 4 is 5.97 Å². The molecular formula is C11H20O2. The molecule has 0 heterocycles. The van der Waals surface area contributed by atoms with Crippen LogP contribution in [0.4, 0.5) is 0 Å². The Morgan fingerprint density at radius 1 is 1.31 bits per heavy atom. The summed E-state index contributed by atoms with van der Waals surface area (Å²) in [4.78, 5) is 11.7. The van der Waals surface area contributed by atoms with E-state index in [0.717, 1.165) is 19.3 Å². The quantitative estimate of drug-likeness (QED) is 0.628. The fourth-order valence-electron chi connectivity index (χ4n) is 1.76. The van der Waals surface area contributed by atoms with Crippen LogP contribution in [0.1, 0.15) is 47.0 Å². The largest absolute Gasteiger partial charge is 0.463 e. The maximum atomic E-state index is 11.7. The molecular weight excluding hydrogens is 164 g/mol. The first-order valence-corrected chi connectivity index (χ1v) is 5.17. The molecule has 0 aromatic heterocycles. The lowest BCUT2D eigenvalue weighted by Crippen LogP contribution is -2.23. The fourth-order valence-corrected chi connectivity index (χ4v) is 1.76. The van der Waals surface area contributed by atoms with Crippen LogP contribution >= 0.6 is 0 Å². The Hall–Kier alpha value is -0.530. The van der Waals surface area contributed by atoms with E-state index in [-0.39, 0.29) is 17.5 Å². The van der Waals surface area contributed by atoms with E-state index in [0.29, 0.717) is 5.92 Å². The van der Waals surface area contributed by atoms with Gasteiger partial charge in [0.1, 0.15) is 0 Å². The molecule has 0 unspecified atom stereocenters. The van der Waals surface area contributed by atoms with E-state index < -0.39 is 0 Å². The number of hydrogen-bond donors (Lipinski definition) is 0. The third-order valence-corrected chi connectivity index (χ3v) is 2.43. The topological polar surface area (TPSA) is 26.3 Å². The lowest BCUT2D eigenvalue weighted by Gasteiger charge is -2.18. The standard InChI is InChI=1S/C11H20O2/c1-8(2)7-11(5-6-11)10(12)13-9(3)4/h8-9H,5-7H2,1-4H3. The third-order valence-electron chi connectivity index (χ3n) is 2.43. The van der Waals surface area contributed by atoms with E-state index in [1.165, 1.54) is 0 Å². The van der Waals surface area contributed by atoms with Crippen molar-refractivity contribution in [1.29, 1.82) is 0 Å². The highest BCUT2D eigenvalue weighted by Gasteiger charge is 2.51. The molecule has 0 N–H and O–H groups in total. The highest BCUT2D eigenvalue weighted by molar-refractivity contribution is 5.79. The van der Waals surface area contributed by atoms with Gasteiger partial charge in [0, 0.05) is 0 Å². The van der Waals surface area contributed by atoms with Crippen LogP contribution in [0.3, 0.4) is 0 Å². The highest BCUT2D eigenvalue weighted by atomic mass is 16.5. The molecule has 2 heteroatoms. The second kappa shape index (κ2) is 3.69. The second-order valence-electron chi connectivity index (χ2n) is 4.83. The van der Waals surface area contributed by atoms with Crippen LogP contribution in [0.5, 0.6) is 0 Å². The van der Waals surface area contributed by atoms with E-state index in [4.69, 9.17) is 4.74 Å². The van der Waals surface area contributed by atoms with E-state index in [1.54, 1.807) is 0 Å². The molecule has 0 bridgehead atoms. The van der Waals surface area contributed by atoms with Crippen LogP contribution in [-0.4, -0.2) is 12.1 Å². The Morgan fingerprint density at radius 3 is 2.15 bits per heavy atom. The third kappa shape index (κ3) is 2.71. The van der Waals surface area contributed by atoms with Crippen molar-refractivity contribution < 1.29 is 9.53 Å². The van der Waals surface area contributed by atoms with Crippen molar-refractivity contribution in [3.05, 3.63) is 0 Å². The fraction of sp³-hybridized carbons (Fsp3) is 0.909. The normalized spacial score (nSPS) is 19.2. The Balaban J connectivity index is 2.45. The average Bonchev–Trinajstić information content (AvgIpc) is 2.66. The Morgan fingerprint density at radius 2 is 1.85 bits per heavy atom. The van der Waals surface area contributed by atoms with Gasteiger partial charge in [0.05, 0.1) is 11.5 Å². The van der Waals surface area contributed by atoms with Gasteiger partial charge in [0.2, 0.25) is 0 Å². The molecule has 1 rings (SSSR count). The summed E-state index contributed by atoms with van der Waals surface area (Å²) in [5.74, 6) is 0.610. The van der Waals surface area contributed by atoms with E-state index in [2.05, 4.69) is 13.8 Å². The van der Waals surface area contributed by atoms with Crippen molar-refractivity contribution in [3.63, 3.8) is 0 Å². The van der Waals surface area contributed by atoms with Crippen LogP contribution in [-0.2, 0) is 9.53 Å². The van der Waals surface area contributed by atoms with Gasteiger partial charge in [-0.25, -0.2) is 0 Å². The van der Waals surface area contributed by atoms with Gasteiger partial charge in [-0.05, 0) is 39.0 Å². The zero-order valence-corrected chi connectivity index (χ0v) is 9.09. The smallest absolute Gasteiger partial charge is 0.312 e. The molecule has 1 aliphatic rings. The molecule has 1 aliphatic carbocycles. The number of carbonyl (C=O) groups excluding carboxylic acids is 1. The predicted molar refractivity (Wildman–Crippen MR) is 52.4 cm³/mol. The molecule has 0 aromatic carbocycles. The summed E-state index contributed by atoms with van der Waals surface area (Å²) in [6.45, 7) is 8.12. The van der Waals surface area contributed by atoms with Crippen LogP contribution in [0.15, 0.2) is 0 Å². The molecule has 0 amide bonds. The van der Waals surface area contributed by atoms with Gasteiger partial charge in [-0.1, -0.05) is 13.8 Å². The van der Waals surface area contributed by atoms with Crippen LogP contribution in [0.25, 0.3) is 0 Å². The first kappa shape index (κ1) is 10.6. The van der Waals surface area contributed by atoms with Crippen molar-refractivity contribution in [2.75, 3.05) is 0 Å². The lowest BCUT2D eigenvalue weighted by molar-refractivity contribution is -0.154. The number of hydrogen-bond acceptors (Lipinski definition) is 2. The van der Waals surface area contributed by atoms with Gasteiger partial charge in [-0.2, -0.15) is 0 Å². The summed E-state index contributed by atoms with van der Waals surface area (Å²) >= 11 is 0. The maximum Gasteiger partial charge on any atom is 0.312 e. The van der Waals surface area contributed by atoms with Crippen LogP contribution in [0.2, 0.25) is 0 Å². The molecule has 1 fully saturated rings. The molecule has 13 heavy (non-hydrogen) atoms. The van der Waals surface area contributed by atoms with Crippen LogP contribution in [0, 0.1) is 11.3 Å². The number of esters is 1. The average molecular weight is 184 g/mol. The minimum absolute atomic E-state index is 0.0243. The minimum Gasteiger partial charge on any atom is -0.463 e. The van der Waals surface area contributed by atoms with E-state index >= 15 is 0 Å². The maximum absolute atomic E-state index is 11.7. The summed E-state index contributed by atoms with van der Waals surface area (Å²) in [7, 11) is 0. The monoisotopic (exact) mass is 184 g/mol. The molecule has 0 radical (unpaired) electrons. The molecule has 1 saturated carbocycles. The number of carbonyl (C=O) groups is 1. The first-order valence-electron chi connectivity index (χ1n) is 5.17. The van der Waals surface area contributed by atoms with Gasteiger partial charge in [0.15, 0.2) is 0 Å². The number of rotatable bonds is 4. The summed E-state index contributed by atoms with van der Waals surface area (Å²) in [6, 6.07) is 0. The minimum atomic E-state index is -0.0988. The predicted octanol–water partition coefficient (Wildman–Crippen LogP) is 2.76. The summed E-state index contributed by atoms with van der Waals surface area (Å²) in [6.07, 6.45) is 3.06. The Kier molecular flexibility index (Phi) is 2.99. The van der Waals surface area contributed by atoms with Gasteiger partial charge in [-0.15, -0.1) is 0 Å². The summed E-state index contributed by atoms with van der Waals surface area (Å²) in [5.41, 5.74) is -0.0988. The lowest BCUT2D eigenvalue weighted by atomic mass is 9.94. The number of ether oxygens (including phenoxy) is 1. The SMILES string of the molecule is CC(C)CC1(C(=O)OC(C)C)CC1. The molecule has 0 spiro atoms. The van der Waals surface area contributed by atoms with Crippen molar-refractivity contribution in [2.24, 2.45) is 11.3 Å². The summed E-state index contributed by atoms with van der Waals surface area (Å²) < 4.78 is 5.24. The molecule has 0 aromatic rings.